The van der Waals surface area contributed by atoms with E-state index in [1.54, 1.807) is 6.92 Å². The Morgan fingerprint density at radius 3 is 3.00 bits per heavy atom. The van der Waals surface area contributed by atoms with Crippen LogP contribution < -0.4 is 0 Å². The lowest BCUT2D eigenvalue weighted by atomic mass is 9.92. The SMILES string of the molecule is Cc1noc(C(=O)O)c1C1CCCOC1. The molecule has 1 N–H and O–H groups in total. The number of hydrogen-bond acceptors (Lipinski definition) is 4. The molecule has 0 bridgehead atoms. The summed E-state index contributed by atoms with van der Waals surface area (Å²) in [6, 6.07) is 0. The van der Waals surface area contributed by atoms with Gasteiger partial charge in [-0.2, -0.15) is 0 Å². The van der Waals surface area contributed by atoms with Crippen molar-refractivity contribution < 1.29 is 19.2 Å². The summed E-state index contributed by atoms with van der Waals surface area (Å²) in [4.78, 5) is 10.9. The highest BCUT2D eigenvalue weighted by Crippen LogP contribution is 2.30. The van der Waals surface area contributed by atoms with E-state index < -0.39 is 5.97 Å². The van der Waals surface area contributed by atoms with Crippen LogP contribution in [0.2, 0.25) is 0 Å². The van der Waals surface area contributed by atoms with Gasteiger partial charge >= 0.3 is 5.97 Å². The van der Waals surface area contributed by atoms with E-state index in [2.05, 4.69) is 5.16 Å². The minimum absolute atomic E-state index is 0.0389. The number of carbonyl (C=O) groups is 1. The summed E-state index contributed by atoms with van der Waals surface area (Å²) >= 11 is 0. The molecule has 5 nitrogen and oxygen atoms in total. The average Bonchev–Trinajstić information content (AvgIpc) is 2.61. The number of ether oxygens (including phenoxy) is 1. The predicted molar refractivity (Wildman–Crippen MR) is 51.0 cm³/mol. The lowest BCUT2D eigenvalue weighted by Gasteiger charge is -2.21. The van der Waals surface area contributed by atoms with Crippen molar-refractivity contribution in [2.75, 3.05) is 13.2 Å². The van der Waals surface area contributed by atoms with Crippen molar-refractivity contribution in [3.63, 3.8) is 0 Å². The van der Waals surface area contributed by atoms with E-state index in [1.807, 2.05) is 0 Å². The third kappa shape index (κ3) is 1.87. The molecule has 5 heteroatoms. The van der Waals surface area contributed by atoms with Gasteiger partial charge in [-0.25, -0.2) is 4.79 Å². The Labute approximate surface area is 87.0 Å². The molecule has 2 heterocycles. The van der Waals surface area contributed by atoms with Gasteiger partial charge < -0.3 is 14.4 Å². The van der Waals surface area contributed by atoms with Crippen LogP contribution in [0.3, 0.4) is 0 Å². The first-order valence-electron chi connectivity index (χ1n) is 4.97. The highest BCUT2D eigenvalue weighted by Gasteiger charge is 2.28. The van der Waals surface area contributed by atoms with Gasteiger partial charge in [0.2, 0.25) is 5.76 Å². The van der Waals surface area contributed by atoms with E-state index in [-0.39, 0.29) is 11.7 Å². The molecule has 1 unspecified atom stereocenters. The quantitative estimate of drug-likeness (QED) is 0.803. The molecule has 0 spiro atoms. The van der Waals surface area contributed by atoms with Gasteiger partial charge in [0.25, 0.3) is 0 Å². The van der Waals surface area contributed by atoms with Gasteiger partial charge in [0.15, 0.2) is 0 Å². The van der Waals surface area contributed by atoms with Crippen molar-refractivity contribution in [1.29, 1.82) is 0 Å². The number of aromatic carboxylic acids is 1. The lowest BCUT2D eigenvalue weighted by Crippen LogP contribution is -2.17. The van der Waals surface area contributed by atoms with Crippen molar-refractivity contribution in [2.45, 2.75) is 25.7 Å². The molecule has 0 amide bonds. The van der Waals surface area contributed by atoms with E-state index in [1.165, 1.54) is 0 Å². The predicted octanol–water partition coefficient (Wildman–Crippen LogP) is 1.58. The second-order valence-electron chi connectivity index (χ2n) is 3.73. The number of carboxylic acids is 1. The molecule has 0 radical (unpaired) electrons. The molecule has 1 aromatic heterocycles. The van der Waals surface area contributed by atoms with Crippen LogP contribution in [0.4, 0.5) is 0 Å². The Morgan fingerprint density at radius 2 is 2.40 bits per heavy atom. The van der Waals surface area contributed by atoms with E-state index in [0.29, 0.717) is 17.9 Å². The molecule has 1 aliphatic heterocycles. The van der Waals surface area contributed by atoms with Crippen molar-refractivity contribution in [2.24, 2.45) is 0 Å². The Morgan fingerprint density at radius 1 is 1.60 bits per heavy atom. The zero-order chi connectivity index (χ0) is 10.8. The zero-order valence-electron chi connectivity index (χ0n) is 8.52. The third-order valence-electron chi connectivity index (χ3n) is 2.67. The molecule has 0 aromatic carbocycles. The maximum Gasteiger partial charge on any atom is 0.375 e. The summed E-state index contributed by atoms with van der Waals surface area (Å²) < 4.78 is 10.1. The normalized spacial score (nSPS) is 21.5. The number of rotatable bonds is 2. The van der Waals surface area contributed by atoms with Gasteiger partial charge in [0.1, 0.15) is 0 Å². The van der Waals surface area contributed by atoms with Gasteiger partial charge in [-0.15, -0.1) is 0 Å². The standard InChI is InChI=1S/C10H13NO4/c1-6-8(7-3-2-4-14-5-7)9(10(12)13)15-11-6/h7H,2-5H2,1H3,(H,12,13). The van der Waals surface area contributed by atoms with Gasteiger partial charge in [-0.1, -0.05) is 5.16 Å². The van der Waals surface area contributed by atoms with Gasteiger partial charge in [-0.05, 0) is 19.8 Å². The summed E-state index contributed by atoms with van der Waals surface area (Å²) in [6.07, 6.45) is 1.89. The molecule has 0 saturated carbocycles. The summed E-state index contributed by atoms with van der Waals surface area (Å²) in [5.41, 5.74) is 1.35. The van der Waals surface area contributed by atoms with Crippen LogP contribution in [0.15, 0.2) is 4.52 Å². The molecule has 82 valence electrons. The number of aryl methyl sites for hydroxylation is 1. The Kier molecular flexibility index (Phi) is 2.73. The summed E-state index contributed by atoms with van der Waals surface area (Å²) in [5.74, 6) is -0.990. The van der Waals surface area contributed by atoms with E-state index in [4.69, 9.17) is 14.4 Å². The highest BCUT2D eigenvalue weighted by atomic mass is 16.5. The minimum atomic E-state index is -1.06. The summed E-state index contributed by atoms with van der Waals surface area (Å²) in [7, 11) is 0. The van der Waals surface area contributed by atoms with Crippen molar-refractivity contribution in [3.8, 4) is 0 Å². The van der Waals surface area contributed by atoms with Crippen LogP contribution in [0.1, 0.15) is 40.6 Å². The molecular weight excluding hydrogens is 198 g/mol. The van der Waals surface area contributed by atoms with Crippen molar-refractivity contribution >= 4 is 5.97 Å². The topological polar surface area (TPSA) is 72.6 Å². The molecule has 1 aromatic rings. The van der Waals surface area contributed by atoms with Crippen LogP contribution >= 0.6 is 0 Å². The van der Waals surface area contributed by atoms with Crippen LogP contribution in [0.5, 0.6) is 0 Å². The number of nitrogens with zero attached hydrogens (tertiary/aromatic N) is 1. The van der Waals surface area contributed by atoms with E-state index in [9.17, 15) is 4.79 Å². The van der Waals surface area contributed by atoms with Gasteiger partial charge in [0, 0.05) is 18.1 Å². The largest absolute Gasteiger partial charge is 0.475 e. The second-order valence-corrected chi connectivity index (χ2v) is 3.73. The zero-order valence-corrected chi connectivity index (χ0v) is 8.52. The van der Waals surface area contributed by atoms with Crippen LogP contribution in [-0.4, -0.2) is 29.4 Å². The summed E-state index contributed by atoms with van der Waals surface area (Å²) in [5, 5.41) is 12.6. The van der Waals surface area contributed by atoms with Crippen LogP contribution in [0, 0.1) is 6.92 Å². The number of hydrogen-bond donors (Lipinski definition) is 1. The van der Waals surface area contributed by atoms with Crippen LogP contribution in [-0.2, 0) is 4.74 Å². The first-order chi connectivity index (χ1) is 7.20. The van der Waals surface area contributed by atoms with Crippen LogP contribution in [0.25, 0.3) is 0 Å². The molecule has 1 fully saturated rings. The Bertz CT molecular complexity index is 365. The lowest BCUT2D eigenvalue weighted by molar-refractivity contribution is 0.0635. The van der Waals surface area contributed by atoms with Crippen molar-refractivity contribution in [3.05, 3.63) is 17.0 Å². The van der Waals surface area contributed by atoms with Crippen molar-refractivity contribution in [1.82, 2.24) is 5.16 Å². The second kappa shape index (κ2) is 4.02. The maximum absolute atomic E-state index is 10.9. The Balaban J connectivity index is 2.32. The van der Waals surface area contributed by atoms with E-state index in [0.717, 1.165) is 19.4 Å². The molecular formula is C10H13NO4. The fraction of sp³-hybridized carbons (Fsp3) is 0.600. The average molecular weight is 211 g/mol. The molecule has 2 rings (SSSR count). The third-order valence-corrected chi connectivity index (χ3v) is 2.67. The van der Waals surface area contributed by atoms with Gasteiger partial charge in [-0.3, -0.25) is 0 Å². The first-order valence-corrected chi connectivity index (χ1v) is 4.97. The highest BCUT2D eigenvalue weighted by molar-refractivity contribution is 5.86. The molecule has 1 atom stereocenters. The minimum Gasteiger partial charge on any atom is -0.475 e. The molecule has 15 heavy (non-hydrogen) atoms. The molecule has 0 aliphatic carbocycles. The summed E-state index contributed by atoms with van der Waals surface area (Å²) in [6.45, 7) is 3.07. The monoisotopic (exact) mass is 211 g/mol. The number of aromatic nitrogens is 1. The fourth-order valence-corrected chi connectivity index (χ4v) is 1.98. The fourth-order valence-electron chi connectivity index (χ4n) is 1.98. The van der Waals surface area contributed by atoms with Gasteiger partial charge in [0.05, 0.1) is 12.3 Å². The Hall–Kier alpha value is -1.36. The molecule has 1 saturated heterocycles. The first kappa shape index (κ1) is 10.2. The van der Waals surface area contributed by atoms with E-state index >= 15 is 0 Å². The number of carboxylic acid groups (broad SMARTS) is 1. The molecule has 1 aliphatic rings. The smallest absolute Gasteiger partial charge is 0.375 e. The maximum atomic E-state index is 10.9.